The fourth-order valence-corrected chi connectivity index (χ4v) is 6.19. The van der Waals surface area contributed by atoms with Gasteiger partial charge in [-0.05, 0) is 23.9 Å². The molecule has 2 saturated carbocycles. The standard InChI is InChI=1S/C11H13Cl2NO4S/c1-10(8(12)13)6-2-3-11(10,7(15)4-6)5-19(16,17)9-14-18-9/h6,8H,2-5H2,1H3/t6-,10+,11-/m0/s1. The first-order valence-corrected chi connectivity index (χ1v) is 8.56. The van der Waals surface area contributed by atoms with Crippen molar-refractivity contribution >= 4 is 44.1 Å². The summed E-state index contributed by atoms with van der Waals surface area (Å²) in [6, 6.07) is 0. The third-order valence-electron chi connectivity index (χ3n) is 5.09. The van der Waals surface area contributed by atoms with Crippen LogP contribution in [-0.4, -0.2) is 30.0 Å². The van der Waals surface area contributed by atoms with Crippen LogP contribution >= 0.6 is 23.2 Å². The Kier molecular flexibility index (Phi) is 2.77. The van der Waals surface area contributed by atoms with Crippen LogP contribution in [-0.2, 0) is 19.5 Å². The predicted octanol–water partition coefficient (Wildman–Crippen LogP) is 1.88. The normalized spacial score (nSPS) is 40.5. The summed E-state index contributed by atoms with van der Waals surface area (Å²) in [5, 5.41) is 2.98. The Labute approximate surface area is 121 Å². The summed E-state index contributed by atoms with van der Waals surface area (Å²) in [6.45, 7) is 1.82. The lowest BCUT2D eigenvalue weighted by atomic mass is 9.70. The van der Waals surface area contributed by atoms with Gasteiger partial charge in [0.05, 0.1) is 11.2 Å². The molecule has 5 nitrogen and oxygen atoms in total. The monoisotopic (exact) mass is 325 g/mol. The third kappa shape index (κ3) is 1.63. The number of fused-ring (bicyclic) bond motifs is 2. The van der Waals surface area contributed by atoms with Crippen LogP contribution < -0.4 is 0 Å². The molecule has 0 aromatic rings. The van der Waals surface area contributed by atoms with Crippen LogP contribution in [0.4, 0.5) is 0 Å². The van der Waals surface area contributed by atoms with E-state index < -0.39 is 25.5 Å². The molecule has 19 heavy (non-hydrogen) atoms. The molecule has 8 heteroatoms. The van der Waals surface area contributed by atoms with Crippen molar-refractivity contribution in [3.05, 3.63) is 0 Å². The van der Waals surface area contributed by atoms with E-state index in [2.05, 4.69) is 9.99 Å². The highest BCUT2D eigenvalue weighted by atomic mass is 35.5. The van der Waals surface area contributed by atoms with Gasteiger partial charge in [-0.1, -0.05) is 6.92 Å². The highest BCUT2D eigenvalue weighted by Gasteiger charge is 2.70. The van der Waals surface area contributed by atoms with E-state index in [9.17, 15) is 13.2 Å². The summed E-state index contributed by atoms with van der Waals surface area (Å²) in [4.78, 5) is 16.0. The molecule has 2 bridgehead atoms. The number of sulfone groups is 1. The van der Waals surface area contributed by atoms with Crippen LogP contribution in [0.3, 0.4) is 0 Å². The SMILES string of the molecule is C[C@]1(C(Cl)Cl)[C@H]2CC[C@]1(CS(=O)(=O)C1=NO1)C(=O)C2. The van der Waals surface area contributed by atoms with E-state index in [1.54, 1.807) is 0 Å². The number of hydrogen-bond acceptors (Lipinski definition) is 5. The Bertz CT molecular complexity index is 588. The number of halogens is 2. The molecule has 3 rings (SSSR count). The molecule has 1 heterocycles. The first-order chi connectivity index (χ1) is 8.74. The van der Waals surface area contributed by atoms with E-state index in [0.717, 1.165) is 6.42 Å². The molecule has 0 saturated heterocycles. The van der Waals surface area contributed by atoms with Crippen molar-refractivity contribution in [3.63, 3.8) is 0 Å². The average molecular weight is 326 g/mol. The third-order valence-corrected chi connectivity index (χ3v) is 7.55. The Morgan fingerprint density at radius 2 is 2.16 bits per heavy atom. The van der Waals surface area contributed by atoms with Gasteiger partial charge in [0.15, 0.2) is 0 Å². The summed E-state index contributed by atoms with van der Waals surface area (Å²) in [5.74, 6) is -0.305. The van der Waals surface area contributed by atoms with Gasteiger partial charge < -0.3 is 4.84 Å². The Morgan fingerprint density at radius 3 is 2.63 bits per heavy atom. The molecular formula is C11H13Cl2NO4S. The molecule has 2 aliphatic carbocycles. The highest BCUT2D eigenvalue weighted by molar-refractivity contribution is 8.06. The fraction of sp³-hybridized carbons (Fsp3) is 0.818. The second-order valence-electron chi connectivity index (χ2n) is 5.74. The molecule has 3 aliphatic rings. The first-order valence-electron chi connectivity index (χ1n) is 6.03. The number of oxime groups is 1. The van der Waals surface area contributed by atoms with Gasteiger partial charge >= 0.3 is 5.23 Å². The summed E-state index contributed by atoms with van der Waals surface area (Å²) < 4.78 is 24.2. The number of alkyl halides is 2. The number of hydrogen-bond donors (Lipinski definition) is 0. The van der Waals surface area contributed by atoms with Crippen molar-refractivity contribution in [1.82, 2.24) is 0 Å². The summed E-state index contributed by atoms with van der Waals surface area (Å²) in [5.41, 5.74) is -1.70. The van der Waals surface area contributed by atoms with Gasteiger partial charge in [-0.15, -0.1) is 23.2 Å². The zero-order valence-corrected chi connectivity index (χ0v) is 12.6. The van der Waals surface area contributed by atoms with E-state index in [0.29, 0.717) is 12.8 Å². The lowest BCUT2D eigenvalue weighted by molar-refractivity contribution is -0.128. The largest absolute Gasteiger partial charge is 0.374 e. The van der Waals surface area contributed by atoms with Crippen LogP contribution in [0.2, 0.25) is 0 Å². The molecule has 0 aromatic carbocycles. The molecule has 1 aliphatic heterocycles. The summed E-state index contributed by atoms with van der Waals surface area (Å²) in [7, 11) is -3.66. The molecule has 0 radical (unpaired) electrons. The van der Waals surface area contributed by atoms with Gasteiger partial charge in [-0.2, -0.15) is 0 Å². The molecular weight excluding hydrogens is 313 g/mol. The van der Waals surface area contributed by atoms with E-state index in [1.807, 2.05) is 6.92 Å². The average Bonchev–Trinajstić information content (AvgIpc) is 3.09. The van der Waals surface area contributed by atoms with Gasteiger partial charge in [-0.25, -0.2) is 8.42 Å². The van der Waals surface area contributed by atoms with Crippen molar-refractivity contribution in [2.75, 3.05) is 5.75 Å². The number of carbonyl (C=O) groups is 1. The van der Waals surface area contributed by atoms with E-state index in [-0.39, 0.29) is 22.7 Å². The Hall–Kier alpha value is -0.330. The number of carbonyl (C=O) groups excluding carboxylic acids is 1. The molecule has 0 amide bonds. The summed E-state index contributed by atoms with van der Waals surface area (Å²) in [6.07, 6.45) is 1.64. The minimum atomic E-state index is -3.66. The molecule has 3 atom stereocenters. The quantitative estimate of drug-likeness (QED) is 0.742. The smallest absolute Gasteiger partial charge is 0.316 e. The lowest BCUT2D eigenvalue weighted by Gasteiger charge is -2.39. The van der Waals surface area contributed by atoms with Gasteiger partial charge in [0.2, 0.25) is 9.84 Å². The van der Waals surface area contributed by atoms with Crippen LogP contribution in [0, 0.1) is 16.7 Å². The topological polar surface area (TPSA) is 76.1 Å². The number of ketones is 1. The van der Waals surface area contributed by atoms with Crippen LogP contribution in [0.25, 0.3) is 0 Å². The van der Waals surface area contributed by atoms with E-state index >= 15 is 0 Å². The van der Waals surface area contributed by atoms with Crippen LogP contribution in [0.1, 0.15) is 26.2 Å². The number of nitrogens with zero attached hydrogens (tertiary/aromatic N) is 1. The van der Waals surface area contributed by atoms with Gasteiger partial charge in [0.25, 0.3) is 0 Å². The maximum absolute atomic E-state index is 12.3. The maximum Gasteiger partial charge on any atom is 0.374 e. The van der Waals surface area contributed by atoms with Gasteiger partial charge in [0.1, 0.15) is 10.6 Å². The molecule has 0 unspecified atom stereocenters. The molecule has 0 N–H and O–H groups in total. The second-order valence-corrected chi connectivity index (χ2v) is 8.70. The zero-order chi connectivity index (χ0) is 14.1. The van der Waals surface area contributed by atoms with Crippen LogP contribution in [0.15, 0.2) is 5.16 Å². The molecule has 2 fully saturated rings. The minimum absolute atomic E-state index is 0.0530. The van der Waals surface area contributed by atoms with E-state index in [1.165, 1.54) is 0 Å². The van der Waals surface area contributed by atoms with Crippen molar-refractivity contribution in [2.24, 2.45) is 21.9 Å². The van der Waals surface area contributed by atoms with Crippen molar-refractivity contribution in [2.45, 2.75) is 31.0 Å². The van der Waals surface area contributed by atoms with Crippen molar-refractivity contribution in [3.8, 4) is 0 Å². The van der Waals surface area contributed by atoms with Crippen LogP contribution in [0.5, 0.6) is 0 Å². The van der Waals surface area contributed by atoms with Crippen molar-refractivity contribution < 1.29 is 18.0 Å². The Balaban J connectivity index is 2.04. The minimum Gasteiger partial charge on any atom is -0.316 e. The fourth-order valence-electron chi connectivity index (χ4n) is 3.77. The molecule has 106 valence electrons. The number of Topliss-reactive ketones (excluding diaryl/α,β-unsaturated/α-hetero) is 1. The first kappa shape index (κ1) is 13.6. The Morgan fingerprint density at radius 1 is 1.53 bits per heavy atom. The van der Waals surface area contributed by atoms with Crippen molar-refractivity contribution in [1.29, 1.82) is 0 Å². The molecule has 0 aromatic heterocycles. The van der Waals surface area contributed by atoms with Gasteiger partial charge in [0, 0.05) is 11.8 Å². The second kappa shape index (κ2) is 3.86. The lowest BCUT2D eigenvalue weighted by Crippen LogP contribution is -2.47. The maximum atomic E-state index is 12.3. The predicted molar refractivity (Wildman–Crippen MR) is 70.7 cm³/mol. The van der Waals surface area contributed by atoms with Gasteiger partial charge in [-0.3, -0.25) is 4.79 Å². The highest BCUT2D eigenvalue weighted by Crippen LogP contribution is 2.67. The van der Waals surface area contributed by atoms with E-state index in [4.69, 9.17) is 23.2 Å². The number of rotatable bonds is 3. The zero-order valence-electron chi connectivity index (χ0n) is 10.2. The summed E-state index contributed by atoms with van der Waals surface area (Å²) >= 11 is 12.2. The molecule has 0 spiro atoms.